The van der Waals surface area contributed by atoms with E-state index < -0.39 is 13.5 Å². The predicted molar refractivity (Wildman–Crippen MR) is 183 cm³/mol. The molecule has 8 rings (SSSR count). The van der Waals surface area contributed by atoms with Gasteiger partial charge in [-0.05, 0) is 97.4 Å². The molecule has 0 saturated heterocycles. The van der Waals surface area contributed by atoms with Crippen molar-refractivity contribution in [3.05, 3.63) is 35.0 Å². The summed E-state index contributed by atoms with van der Waals surface area (Å²) in [4.78, 5) is 0. The summed E-state index contributed by atoms with van der Waals surface area (Å²) in [5.41, 5.74) is 3.70. The maximum Gasteiger partial charge on any atom is 2.00 e. The van der Waals surface area contributed by atoms with Gasteiger partial charge in [0.15, 0.2) is 0 Å². The van der Waals surface area contributed by atoms with Crippen LogP contribution in [-0.4, -0.2) is 53.1 Å². The summed E-state index contributed by atoms with van der Waals surface area (Å²) in [6, 6.07) is 7.53. The van der Waals surface area contributed by atoms with Crippen LogP contribution in [0.2, 0.25) is 0 Å². The van der Waals surface area contributed by atoms with Crippen molar-refractivity contribution < 1.29 is 45.6 Å². The average Bonchev–Trinajstić information content (AvgIpc) is 3.82. The first-order valence-corrected chi connectivity index (χ1v) is 18.0. The zero-order valence-corrected chi connectivity index (χ0v) is 29.1. The number of hydrogen-bond acceptors (Lipinski definition) is 14. The summed E-state index contributed by atoms with van der Waals surface area (Å²) in [6.45, 7) is -5.56. The van der Waals surface area contributed by atoms with Crippen LogP contribution in [0, 0.1) is 0 Å². The quantitative estimate of drug-likeness (QED) is 0.266. The Morgan fingerprint density at radius 1 is 0.500 bits per heavy atom. The summed E-state index contributed by atoms with van der Waals surface area (Å²) >= 11 is 12.4. The van der Waals surface area contributed by atoms with Gasteiger partial charge in [-0.25, -0.2) is 0 Å². The molecule has 0 unspecified atom stereocenters. The number of oxime groups is 6. The van der Waals surface area contributed by atoms with Crippen LogP contribution in [0.5, 0.6) is 0 Å². The Balaban J connectivity index is 0.00000100. The van der Waals surface area contributed by atoms with Crippen molar-refractivity contribution in [2.24, 2.45) is 30.9 Å². The van der Waals surface area contributed by atoms with Crippen LogP contribution in [0.1, 0.15) is 77.0 Å². The Morgan fingerprint density at radius 2 is 0.739 bits per heavy atom. The number of rotatable bonds is 2. The molecule has 2 bridgehead atoms. The molecule has 3 saturated carbocycles. The van der Waals surface area contributed by atoms with E-state index >= 15 is 0 Å². The van der Waals surface area contributed by atoms with Gasteiger partial charge in [-0.3, -0.25) is 0 Å². The van der Waals surface area contributed by atoms with Crippen LogP contribution < -0.4 is 9.55 Å². The van der Waals surface area contributed by atoms with Crippen molar-refractivity contribution in [2.45, 2.75) is 77.0 Å². The smallest absolute Gasteiger partial charge is 0.535 e. The molecule has 0 radical (unpaired) electrons. The molecule has 6 aliphatic rings. The van der Waals surface area contributed by atoms with Gasteiger partial charge in [-0.2, -0.15) is 22.7 Å². The van der Waals surface area contributed by atoms with Gasteiger partial charge in [-0.1, -0.05) is 24.3 Å². The molecule has 246 valence electrons. The Labute approximate surface area is 295 Å². The molecule has 0 amide bonds. The van der Waals surface area contributed by atoms with Crippen LogP contribution in [0.15, 0.2) is 66.0 Å². The van der Waals surface area contributed by atoms with E-state index in [0.717, 1.165) is 38.5 Å². The maximum absolute atomic E-state index is 6.27. The number of halogens is 2. The molecule has 3 fully saturated rings. The minimum absolute atomic E-state index is 0. The molecule has 5 heterocycles. The molecule has 0 aromatic carbocycles. The second-order valence-corrected chi connectivity index (χ2v) is 13.7. The number of alkyl halides is 2. The topological polar surface area (TPSA) is 130 Å². The zero-order valence-electron chi connectivity index (χ0n) is 24.9. The van der Waals surface area contributed by atoms with Gasteiger partial charge in [0, 0.05) is 0 Å². The van der Waals surface area contributed by atoms with Crippen molar-refractivity contribution in [3.8, 4) is 0 Å². The molecule has 3 aliphatic carbocycles. The molecule has 19 heteroatoms. The molecular weight excluding hydrogens is 717 g/mol. The summed E-state index contributed by atoms with van der Waals surface area (Å²) in [5, 5.41) is 31.5. The molecule has 2 aromatic rings. The van der Waals surface area contributed by atoms with Crippen LogP contribution in [0.3, 0.4) is 0 Å². The summed E-state index contributed by atoms with van der Waals surface area (Å²) in [5.74, 6) is 0. The van der Waals surface area contributed by atoms with Crippen LogP contribution >= 0.6 is 45.9 Å². The number of fused-ring (bicyclic) bond motifs is 6. The SMILES string of the molecule is ClCCl.[Fe+2].c1csc([B-]23O/N=C4\CCCC\C4=N/O[B-](c4cccs4)(O/N=C4\CCCC\C4=N/O2)O/N=C2\CCCC\C2=N/O3)c1. The minimum atomic E-state index is -2.78. The van der Waals surface area contributed by atoms with Crippen molar-refractivity contribution in [2.75, 3.05) is 5.34 Å². The van der Waals surface area contributed by atoms with E-state index in [4.69, 9.17) is 51.7 Å². The van der Waals surface area contributed by atoms with E-state index in [9.17, 15) is 0 Å². The molecule has 0 spiro atoms. The minimum Gasteiger partial charge on any atom is -0.535 e. The molecule has 12 nitrogen and oxygen atoms in total. The van der Waals surface area contributed by atoms with Gasteiger partial charge < -0.3 is 28.5 Å². The van der Waals surface area contributed by atoms with E-state index in [1.54, 1.807) is 0 Å². The first-order valence-electron chi connectivity index (χ1n) is 15.1. The third kappa shape index (κ3) is 7.93. The number of nitrogens with zero attached hydrogens (tertiary/aromatic N) is 6. The summed E-state index contributed by atoms with van der Waals surface area (Å²) in [7, 11) is 0. The molecule has 2 aromatic heterocycles. The molecule has 0 atom stereocenters. The first kappa shape index (κ1) is 34.8. The van der Waals surface area contributed by atoms with Gasteiger partial charge in [-0.15, -0.1) is 54.1 Å². The van der Waals surface area contributed by atoms with Gasteiger partial charge in [0.25, 0.3) is 0 Å². The number of hydrogen-bond donors (Lipinski definition) is 0. The Hall–Kier alpha value is -2.55. The van der Waals surface area contributed by atoms with Crippen molar-refractivity contribution in [1.29, 1.82) is 0 Å². The molecular formula is C27H32B2Cl2FeN6O6S2. The van der Waals surface area contributed by atoms with E-state index in [0.29, 0.717) is 82.3 Å². The van der Waals surface area contributed by atoms with Crippen LogP contribution in [0.25, 0.3) is 0 Å². The van der Waals surface area contributed by atoms with Gasteiger partial charge in [0.1, 0.15) is 0 Å². The second-order valence-electron chi connectivity index (χ2n) is 10.9. The van der Waals surface area contributed by atoms with Gasteiger partial charge in [0.05, 0.1) is 39.6 Å². The van der Waals surface area contributed by atoms with Gasteiger partial charge in [0.2, 0.25) is 0 Å². The van der Waals surface area contributed by atoms with Gasteiger partial charge >= 0.3 is 30.6 Å². The standard InChI is InChI=1S/C26H30B2N6O6S2.CH2Cl2.Fe/c1-2-10-20-19(9-1)29-35-27(25-15-7-17-41-25)37-31-21-11-3-5-13-23(21)33-39-28(36-30-20,26-16-8-18-42-26)40-34-24-14-6-4-12-22(24)32-38-27;2-1-3;/h7-8,15-18H,1-6,9-14H2;1H2;/q-2;;+2/b29-19+,30-20+,31-21+,32-22+,33-23+,34-24+;;. The van der Waals surface area contributed by atoms with E-state index in [1.165, 1.54) is 22.7 Å². The summed E-state index contributed by atoms with van der Waals surface area (Å²) in [6.07, 6.45) is 9.30. The monoisotopic (exact) mass is 748 g/mol. The zero-order chi connectivity index (χ0) is 31.0. The molecule has 0 N–H and O–H groups in total. The number of thiophene rings is 2. The van der Waals surface area contributed by atoms with Crippen LogP contribution in [-0.2, 0) is 45.6 Å². The van der Waals surface area contributed by atoms with Crippen molar-refractivity contribution in [1.82, 2.24) is 0 Å². The van der Waals surface area contributed by atoms with Crippen molar-refractivity contribution in [3.63, 3.8) is 0 Å². The largest absolute Gasteiger partial charge is 2.00 e. The second kappa shape index (κ2) is 16.5. The third-order valence-electron chi connectivity index (χ3n) is 7.82. The third-order valence-corrected chi connectivity index (χ3v) is 9.80. The fraction of sp³-hybridized carbons (Fsp3) is 0.481. The Kier molecular flexibility index (Phi) is 12.5. The maximum atomic E-state index is 6.27. The molecule has 3 aliphatic heterocycles. The Morgan fingerprint density at radius 3 is 0.935 bits per heavy atom. The van der Waals surface area contributed by atoms with E-state index in [1.807, 2.05) is 35.0 Å². The Bertz CT molecular complexity index is 1280. The fourth-order valence-electron chi connectivity index (χ4n) is 5.42. The van der Waals surface area contributed by atoms with E-state index in [-0.39, 0.29) is 22.4 Å². The normalized spacial score (nSPS) is 32.8. The van der Waals surface area contributed by atoms with Crippen LogP contribution in [0.4, 0.5) is 0 Å². The molecule has 46 heavy (non-hydrogen) atoms. The van der Waals surface area contributed by atoms with E-state index in [2.05, 4.69) is 30.9 Å². The fourth-order valence-corrected chi connectivity index (χ4v) is 6.95. The average molecular weight is 749 g/mol. The predicted octanol–water partition coefficient (Wildman–Crippen LogP) is 6.21. The first-order chi connectivity index (χ1) is 22.1. The van der Waals surface area contributed by atoms with Crippen molar-refractivity contribution >= 4 is 103 Å². The summed E-state index contributed by atoms with van der Waals surface area (Å²) < 4.78 is 38.9.